The van der Waals surface area contributed by atoms with Crippen molar-refractivity contribution in [2.24, 2.45) is 0 Å². The largest absolute Gasteiger partial charge is 0.419 e. The molecule has 0 fully saturated rings. The number of amides is 1. The number of rotatable bonds is 6. The average molecular weight is 416 g/mol. The van der Waals surface area contributed by atoms with Gasteiger partial charge >= 0.3 is 0 Å². The fourth-order valence-electron chi connectivity index (χ4n) is 2.56. The summed E-state index contributed by atoms with van der Waals surface area (Å²) in [6.07, 6.45) is 3.27. The number of hydrogen-bond acceptors (Lipinski definition) is 4. The molecule has 5 nitrogen and oxygen atoms in total. The van der Waals surface area contributed by atoms with Crippen LogP contribution in [0.3, 0.4) is 0 Å². The van der Waals surface area contributed by atoms with E-state index in [1.165, 1.54) is 6.08 Å². The van der Waals surface area contributed by atoms with E-state index in [1.54, 1.807) is 35.2 Å². The molecule has 3 aromatic rings. The number of carbonyl (C=O) groups is 1. The molecule has 0 aliphatic carbocycles. The Bertz CT molecular complexity index is 981. The van der Waals surface area contributed by atoms with Crippen molar-refractivity contribution >= 4 is 35.2 Å². The molecule has 0 spiro atoms. The topological polar surface area (TPSA) is 59.2 Å². The quantitative estimate of drug-likeness (QED) is 0.499. The normalized spacial score (nSPS) is 11.3. The van der Waals surface area contributed by atoms with Gasteiger partial charge in [0.05, 0.1) is 17.1 Å². The minimum atomic E-state index is -0.151. The van der Waals surface area contributed by atoms with Crippen molar-refractivity contribution in [3.8, 4) is 11.5 Å². The fraction of sp³-hybridized carbons (Fsp3) is 0.190. The van der Waals surface area contributed by atoms with Crippen molar-refractivity contribution < 1.29 is 9.21 Å². The molecular weight excluding hydrogens is 397 g/mol. The number of hydrogen-bond donors (Lipinski definition) is 0. The van der Waals surface area contributed by atoms with Gasteiger partial charge in [-0.05, 0) is 49.8 Å². The maximum Gasteiger partial charge on any atom is 0.249 e. The average Bonchev–Trinajstić information content (AvgIpc) is 3.14. The molecule has 0 N–H and O–H groups in total. The molecule has 0 aliphatic heterocycles. The summed E-state index contributed by atoms with van der Waals surface area (Å²) in [5, 5.41) is 9.29. The van der Waals surface area contributed by atoms with Gasteiger partial charge in [-0.3, -0.25) is 4.79 Å². The van der Waals surface area contributed by atoms with E-state index >= 15 is 0 Å². The molecule has 0 aliphatic rings. The van der Waals surface area contributed by atoms with E-state index in [1.807, 2.05) is 38.1 Å². The standard InChI is InChI=1S/C21H19Cl2N3O2/c1-14(2)26(20(27)12-9-15-7-10-16(22)11-8-15)13-19-24-25-21(28-19)17-5-3-4-6-18(17)23/h3-12,14H,13H2,1-2H3/b12-9+. The second kappa shape index (κ2) is 9.04. The molecule has 0 bridgehead atoms. The van der Waals surface area contributed by atoms with Crippen LogP contribution in [0, 0.1) is 0 Å². The molecule has 144 valence electrons. The smallest absolute Gasteiger partial charge is 0.249 e. The van der Waals surface area contributed by atoms with Gasteiger partial charge in [-0.2, -0.15) is 0 Å². The van der Waals surface area contributed by atoms with Crippen LogP contribution in [0.4, 0.5) is 0 Å². The van der Waals surface area contributed by atoms with Gasteiger partial charge < -0.3 is 9.32 Å². The lowest BCUT2D eigenvalue weighted by atomic mass is 10.2. The molecule has 1 aromatic heterocycles. The van der Waals surface area contributed by atoms with Gasteiger partial charge in [-0.1, -0.05) is 47.5 Å². The lowest BCUT2D eigenvalue weighted by molar-refractivity contribution is -0.128. The number of benzene rings is 2. The molecule has 0 saturated carbocycles. The van der Waals surface area contributed by atoms with Gasteiger partial charge in [0.2, 0.25) is 17.7 Å². The monoisotopic (exact) mass is 415 g/mol. The first-order valence-corrected chi connectivity index (χ1v) is 9.51. The number of carbonyl (C=O) groups excluding carboxylic acids is 1. The molecule has 0 saturated heterocycles. The predicted octanol–water partition coefficient (Wildman–Crippen LogP) is 5.49. The number of nitrogens with zero attached hydrogens (tertiary/aromatic N) is 3. The molecule has 0 unspecified atom stereocenters. The Morgan fingerprint density at radius 1 is 1.11 bits per heavy atom. The highest BCUT2D eigenvalue weighted by Gasteiger charge is 2.19. The van der Waals surface area contributed by atoms with Crippen LogP contribution in [0.25, 0.3) is 17.5 Å². The van der Waals surface area contributed by atoms with E-state index in [9.17, 15) is 4.79 Å². The zero-order valence-electron chi connectivity index (χ0n) is 15.5. The lowest BCUT2D eigenvalue weighted by Crippen LogP contribution is -2.35. The molecule has 1 amide bonds. The van der Waals surface area contributed by atoms with Crippen LogP contribution in [0.1, 0.15) is 25.3 Å². The highest BCUT2D eigenvalue weighted by Crippen LogP contribution is 2.26. The van der Waals surface area contributed by atoms with Gasteiger partial charge in [-0.15, -0.1) is 10.2 Å². The van der Waals surface area contributed by atoms with Crippen LogP contribution < -0.4 is 0 Å². The summed E-state index contributed by atoms with van der Waals surface area (Å²) in [4.78, 5) is 14.3. The minimum absolute atomic E-state index is 0.0435. The summed E-state index contributed by atoms with van der Waals surface area (Å²) in [5.41, 5.74) is 1.55. The first kappa shape index (κ1) is 20.1. The third-order valence-electron chi connectivity index (χ3n) is 4.07. The molecular formula is C21H19Cl2N3O2. The maximum atomic E-state index is 12.7. The van der Waals surface area contributed by atoms with Gasteiger partial charge in [0, 0.05) is 17.1 Å². The zero-order valence-corrected chi connectivity index (χ0v) is 17.0. The van der Waals surface area contributed by atoms with Crippen molar-refractivity contribution in [1.82, 2.24) is 15.1 Å². The first-order valence-electron chi connectivity index (χ1n) is 8.75. The third kappa shape index (κ3) is 5.00. The van der Waals surface area contributed by atoms with Crippen molar-refractivity contribution in [1.29, 1.82) is 0 Å². The van der Waals surface area contributed by atoms with Gasteiger partial charge in [-0.25, -0.2) is 0 Å². The van der Waals surface area contributed by atoms with E-state index in [4.69, 9.17) is 27.6 Å². The number of halogens is 2. The van der Waals surface area contributed by atoms with E-state index in [2.05, 4.69) is 10.2 Å². The van der Waals surface area contributed by atoms with Crippen LogP contribution in [-0.2, 0) is 11.3 Å². The number of aromatic nitrogens is 2. The molecule has 0 atom stereocenters. The summed E-state index contributed by atoms with van der Waals surface area (Å²) in [6.45, 7) is 4.07. The highest BCUT2D eigenvalue weighted by molar-refractivity contribution is 6.33. The zero-order chi connectivity index (χ0) is 20.1. The Hall–Kier alpha value is -2.63. The first-order chi connectivity index (χ1) is 13.4. The minimum Gasteiger partial charge on any atom is -0.419 e. The van der Waals surface area contributed by atoms with Crippen LogP contribution in [0.15, 0.2) is 59.0 Å². The highest BCUT2D eigenvalue weighted by atomic mass is 35.5. The Morgan fingerprint density at radius 3 is 2.50 bits per heavy atom. The van der Waals surface area contributed by atoms with Gasteiger partial charge in [0.1, 0.15) is 0 Å². The molecule has 28 heavy (non-hydrogen) atoms. The van der Waals surface area contributed by atoms with Crippen LogP contribution in [0.2, 0.25) is 10.0 Å². The molecule has 2 aromatic carbocycles. The summed E-state index contributed by atoms with van der Waals surface area (Å²) in [5.74, 6) is 0.521. The Kier molecular flexibility index (Phi) is 6.49. The fourth-order valence-corrected chi connectivity index (χ4v) is 2.90. The van der Waals surface area contributed by atoms with Crippen molar-refractivity contribution in [2.45, 2.75) is 26.4 Å². The maximum absolute atomic E-state index is 12.7. The lowest BCUT2D eigenvalue weighted by Gasteiger charge is -2.23. The van der Waals surface area contributed by atoms with Crippen LogP contribution >= 0.6 is 23.2 Å². The second-order valence-corrected chi connectivity index (χ2v) is 7.27. The summed E-state index contributed by atoms with van der Waals surface area (Å²) in [7, 11) is 0. The van der Waals surface area contributed by atoms with E-state index in [0.29, 0.717) is 27.4 Å². The van der Waals surface area contributed by atoms with Gasteiger partial charge in [0.25, 0.3) is 0 Å². The Labute approximate surface area is 173 Å². The Morgan fingerprint density at radius 2 is 1.82 bits per heavy atom. The molecule has 1 heterocycles. The van der Waals surface area contributed by atoms with Crippen LogP contribution in [-0.4, -0.2) is 27.0 Å². The van der Waals surface area contributed by atoms with E-state index in [-0.39, 0.29) is 18.5 Å². The Balaban J connectivity index is 1.73. The van der Waals surface area contributed by atoms with E-state index in [0.717, 1.165) is 5.56 Å². The summed E-state index contributed by atoms with van der Waals surface area (Å²) < 4.78 is 5.72. The van der Waals surface area contributed by atoms with Crippen molar-refractivity contribution in [3.05, 3.63) is 76.1 Å². The molecule has 7 heteroatoms. The molecule has 0 radical (unpaired) electrons. The summed E-state index contributed by atoms with van der Waals surface area (Å²) in [6, 6.07) is 14.4. The predicted molar refractivity (Wildman–Crippen MR) is 111 cm³/mol. The van der Waals surface area contributed by atoms with Crippen molar-refractivity contribution in [3.63, 3.8) is 0 Å². The van der Waals surface area contributed by atoms with Crippen LogP contribution in [0.5, 0.6) is 0 Å². The summed E-state index contributed by atoms with van der Waals surface area (Å²) >= 11 is 12.1. The van der Waals surface area contributed by atoms with Gasteiger partial charge in [0.15, 0.2) is 0 Å². The van der Waals surface area contributed by atoms with E-state index < -0.39 is 0 Å². The van der Waals surface area contributed by atoms with Crippen molar-refractivity contribution in [2.75, 3.05) is 0 Å². The SMILES string of the molecule is CC(C)N(Cc1nnc(-c2ccccc2Cl)o1)C(=O)/C=C/c1ccc(Cl)cc1. The second-order valence-electron chi connectivity index (χ2n) is 6.43. The third-order valence-corrected chi connectivity index (χ3v) is 4.65. The molecule has 3 rings (SSSR count).